The maximum Gasteiger partial charge on any atom is 0.0585 e. The fourth-order valence-corrected chi connectivity index (χ4v) is 9.60. The molecule has 1 aliphatic rings. The zero-order valence-corrected chi connectivity index (χ0v) is 33.5. The van der Waals surface area contributed by atoms with Gasteiger partial charge in [-0.3, -0.25) is 0 Å². The molecule has 0 radical (unpaired) electrons. The Bertz CT molecular complexity index is 3100. The molecule has 0 aromatic heterocycles. The maximum absolute atomic E-state index is 2.53. The lowest BCUT2D eigenvalue weighted by atomic mass is 9.85. The van der Waals surface area contributed by atoms with Crippen molar-refractivity contribution in [2.45, 2.75) is 13.0 Å². The van der Waals surface area contributed by atoms with Crippen LogP contribution in [-0.2, 0) is 0 Å². The smallest absolute Gasteiger partial charge is 0.0585 e. The van der Waals surface area contributed by atoms with Crippen LogP contribution in [0, 0.1) is 5.92 Å². The fraction of sp³-hybridized carbons (Fsp3) is 0.0508. The van der Waals surface area contributed by atoms with E-state index in [1.807, 2.05) is 0 Å². The molecule has 0 saturated carbocycles. The third-order valence-corrected chi connectivity index (χ3v) is 12.5. The van der Waals surface area contributed by atoms with E-state index in [2.05, 4.69) is 242 Å². The third-order valence-electron chi connectivity index (χ3n) is 12.5. The van der Waals surface area contributed by atoms with E-state index in [9.17, 15) is 0 Å². The van der Waals surface area contributed by atoms with E-state index in [4.69, 9.17) is 0 Å². The molecular formula is C59H43N. The molecular weight excluding hydrogens is 723 g/mol. The van der Waals surface area contributed by atoms with E-state index < -0.39 is 0 Å². The molecule has 0 N–H and O–H groups in total. The van der Waals surface area contributed by atoms with Gasteiger partial charge in [-0.1, -0.05) is 201 Å². The van der Waals surface area contributed by atoms with Crippen LogP contribution >= 0.6 is 0 Å². The van der Waals surface area contributed by atoms with Crippen molar-refractivity contribution in [3.05, 3.63) is 236 Å². The number of rotatable bonds is 7. The molecule has 0 aliphatic heterocycles. The topological polar surface area (TPSA) is 3.24 Å². The Balaban J connectivity index is 1.01. The second-order valence-corrected chi connectivity index (χ2v) is 16.1. The van der Waals surface area contributed by atoms with Gasteiger partial charge in [-0.25, -0.2) is 0 Å². The van der Waals surface area contributed by atoms with Crippen LogP contribution in [-0.4, -0.2) is 6.04 Å². The Morgan fingerprint density at radius 1 is 0.350 bits per heavy atom. The second kappa shape index (κ2) is 15.0. The van der Waals surface area contributed by atoms with Crippen LogP contribution in [0.5, 0.6) is 0 Å². The van der Waals surface area contributed by atoms with Crippen molar-refractivity contribution in [2.75, 3.05) is 4.90 Å². The summed E-state index contributed by atoms with van der Waals surface area (Å²) in [5, 5.41) is 10.2. The molecule has 11 rings (SSSR count). The molecule has 1 heteroatoms. The minimum absolute atomic E-state index is 0.0948. The second-order valence-electron chi connectivity index (χ2n) is 16.1. The van der Waals surface area contributed by atoms with Crippen molar-refractivity contribution in [1.82, 2.24) is 0 Å². The quantitative estimate of drug-likeness (QED) is 0.146. The summed E-state index contributed by atoms with van der Waals surface area (Å²) in [6, 6.07) is 77.9. The summed E-state index contributed by atoms with van der Waals surface area (Å²) in [6.45, 7) is 2.36. The molecule has 60 heavy (non-hydrogen) atoms. The van der Waals surface area contributed by atoms with Crippen LogP contribution in [0.25, 0.3) is 82.0 Å². The van der Waals surface area contributed by atoms with Crippen molar-refractivity contribution < 1.29 is 0 Å². The first-order valence-electron chi connectivity index (χ1n) is 21.0. The molecule has 10 aromatic rings. The number of fused-ring (bicyclic) bond motifs is 6. The first-order valence-corrected chi connectivity index (χ1v) is 21.0. The zero-order valence-electron chi connectivity index (χ0n) is 33.5. The number of benzene rings is 10. The van der Waals surface area contributed by atoms with Gasteiger partial charge < -0.3 is 4.90 Å². The largest absolute Gasteiger partial charge is 0.334 e. The summed E-state index contributed by atoms with van der Waals surface area (Å²) in [6.07, 6.45) is 7.21. The molecule has 10 aromatic carbocycles. The minimum atomic E-state index is 0.0948. The summed E-state index contributed by atoms with van der Waals surface area (Å²) < 4.78 is 0. The molecule has 1 nitrogen and oxygen atoms in total. The average molecular weight is 766 g/mol. The van der Waals surface area contributed by atoms with Gasteiger partial charge in [0.1, 0.15) is 0 Å². The van der Waals surface area contributed by atoms with Crippen molar-refractivity contribution >= 4 is 60.0 Å². The zero-order chi connectivity index (χ0) is 40.0. The van der Waals surface area contributed by atoms with Crippen molar-refractivity contribution in [2.24, 2.45) is 5.92 Å². The van der Waals surface area contributed by atoms with Gasteiger partial charge in [0.25, 0.3) is 0 Å². The van der Waals surface area contributed by atoms with Gasteiger partial charge in [0.05, 0.1) is 6.04 Å². The summed E-state index contributed by atoms with van der Waals surface area (Å²) >= 11 is 0. The average Bonchev–Trinajstić information content (AvgIpc) is 3.32. The van der Waals surface area contributed by atoms with Crippen LogP contribution in [0.2, 0.25) is 0 Å². The van der Waals surface area contributed by atoms with Crippen LogP contribution in [0.15, 0.2) is 231 Å². The minimum Gasteiger partial charge on any atom is -0.334 e. The highest BCUT2D eigenvalue weighted by molar-refractivity contribution is 6.15. The number of hydrogen-bond donors (Lipinski definition) is 0. The molecule has 1 aliphatic carbocycles. The first-order chi connectivity index (χ1) is 29.7. The summed E-state index contributed by atoms with van der Waals surface area (Å²) in [7, 11) is 0. The molecule has 2 unspecified atom stereocenters. The molecule has 0 amide bonds. The predicted octanol–water partition coefficient (Wildman–Crippen LogP) is 16.1. The summed E-state index contributed by atoms with van der Waals surface area (Å²) in [5.74, 6) is 0.224. The van der Waals surface area contributed by atoms with Crippen molar-refractivity contribution in [1.29, 1.82) is 0 Å². The van der Waals surface area contributed by atoms with Gasteiger partial charge in [-0.2, -0.15) is 0 Å². The van der Waals surface area contributed by atoms with Gasteiger partial charge in [0, 0.05) is 11.4 Å². The third kappa shape index (κ3) is 6.27. The normalized spacial score (nSPS) is 15.1. The molecule has 2 atom stereocenters. The van der Waals surface area contributed by atoms with Gasteiger partial charge in [-0.15, -0.1) is 0 Å². The van der Waals surface area contributed by atoms with Gasteiger partial charge >= 0.3 is 0 Å². The van der Waals surface area contributed by atoms with Crippen molar-refractivity contribution in [3.63, 3.8) is 0 Å². The highest BCUT2D eigenvalue weighted by Crippen LogP contribution is 2.42. The maximum atomic E-state index is 2.53. The van der Waals surface area contributed by atoms with E-state index in [0.29, 0.717) is 0 Å². The monoisotopic (exact) mass is 765 g/mol. The van der Waals surface area contributed by atoms with Crippen LogP contribution in [0.1, 0.15) is 12.5 Å². The van der Waals surface area contributed by atoms with E-state index in [-0.39, 0.29) is 12.0 Å². The molecule has 0 fully saturated rings. The van der Waals surface area contributed by atoms with E-state index in [1.165, 1.54) is 87.6 Å². The molecule has 0 saturated heterocycles. The summed E-state index contributed by atoms with van der Waals surface area (Å²) in [5.41, 5.74) is 12.3. The predicted molar refractivity (Wildman–Crippen MR) is 258 cm³/mol. The Hall–Kier alpha value is -7.48. The summed E-state index contributed by atoms with van der Waals surface area (Å²) in [4.78, 5) is 2.53. The highest BCUT2D eigenvalue weighted by Gasteiger charge is 2.27. The lowest BCUT2D eigenvalue weighted by Gasteiger charge is -2.37. The Morgan fingerprint density at radius 3 is 1.28 bits per heavy atom. The van der Waals surface area contributed by atoms with Gasteiger partial charge in [0.15, 0.2) is 0 Å². The number of allylic oxidation sites excluding steroid dienone is 2. The lowest BCUT2D eigenvalue weighted by molar-refractivity contribution is 0.611. The van der Waals surface area contributed by atoms with Crippen LogP contribution < -0.4 is 4.90 Å². The SMILES string of the molecule is CC1C=C(c2ccccc2-c2ccccc2)C=CC1N(c1ccc(-c2cc3ccccc3c3ccccc23)cc1)c1ccc(-c2cc3ccccc3c3ccccc23)cc1. The Kier molecular flexibility index (Phi) is 8.94. The van der Waals surface area contributed by atoms with Crippen LogP contribution in [0.4, 0.5) is 11.4 Å². The van der Waals surface area contributed by atoms with Gasteiger partial charge in [0.2, 0.25) is 0 Å². The van der Waals surface area contributed by atoms with Gasteiger partial charge in [-0.05, 0) is 130 Å². The molecule has 0 bridgehead atoms. The van der Waals surface area contributed by atoms with Crippen molar-refractivity contribution in [3.8, 4) is 33.4 Å². The van der Waals surface area contributed by atoms with E-state index >= 15 is 0 Å². The lowest BCUT2D eigenvalue weighted by Crippen LogP contribution is -2.35. The Morgan fingerprint density at radius 2 is 0.767 bits per heavy atom. The van der Waals surface area contributed by atoms with E-state index in [1.54, 1.807) is 0 Å². The number of nitrogens with zero attached hydrogens (tertiary/aromatic N) is 1. The van der Waals surface area contributed by atoms with Crippen LogP contribution in [0.3, 0.4) is 0 Å². The molecule has 284 valence electrons. The molecule has 0 heterocycles. The first kappa shape index (κ1) is 35.7. The standard InChI is InChI=1S/C59H43N/c1-40-37-46(50-20-10-9-19-49(50)41-15-3-2-4-16-41)31-36-59(40)60(47-32-27-42(28-33-47)57-38-44-17-5-7-21-51(44)53-23-11-13-25-55(53)57)48-34-29-43(30-35-48)58-39-45-18-6-8-22-52(45)54-24-12-14-26-56(54)58/h2-40,59H,1H3. The van der Waals surface area contributed by atoms with E-state index in [0.717, 1.165) is 11.4 Å². The number of anilines is 2. The fourth-order valence-electron chi connectivity index (χ4n) is 9.60. The Labute approximate surface area is 351 Å². The molecule has 0 spiro atoms. The highest BCUT2D eigenvalue weighted by atomic mass is 15.2. The number of hydrogen-bond acceptors (Lipinski definition) is 1.